The summed E-state index contributed by atoms with van der Waals surface area (Å²) >= 11 is 0. The fraction of sp³-hybridized carbons (Fsp3) is 0.600. The molecule has 4 rings (SSSR count). The van der Waals surface area contributed by atoms with Crippen LogP contribution >= 0.6 is 0 Å². The van der Waals surface area contributed by atoms with Crippen molar-refractivity contribution in [1.29, 1.82) is 0 Å². The fourth-order valence-electron chi connectivity index (χ4n) is 3.74. The quantitative estimate of drug-likeness (QED) is 0.845. The van der Waals surface area contributed by atoms with Gasteiger partial charge in [-0.05, 0) is 55.4 Å². The van der Waals surface area contributed by atoms with E-state index < -0.39 is 0 Å². The van der Waals surface area contributed by atoms with Crippen molar-refractivity contribution in [3.63, 3.8) is 0 Å². The Balaban J connectivity index is 1.66. The highest BCUT2D eigenvalue weighted by Gasteiger charge is 2.34. The highest BCUT2D eigenvalue weighted by molar-refractivity contribution is 5.97. The second kappa shape index (κ2) is 6.70. The van der Waals surface area contributed by atoms with Crippen LogP contribution in [0.1, 0.15) is 44.1 Å². The number of carbonyl (C=O) groups excluding carboxylic acids is 2. The summed E-state index contributed by atoms with van der Waals surface area (Å²) in [6.07, 6.45) is 5.94. The molecule has 1 heterocycles. The van der Waals surface area contributed by atoms with Gasteiger partial charge in [-0.1, -0.05) is 6.42 Å². The third-order valence-electron chi connectivity index (χ3n) is 5.74. The van der Waals surface area contributed by atoms with Crippen LogP contribution in [0.5, 0.6) is 5.75 Å². The van der Waals surface area contributed by atoms with Crippen LogP contribution in [-0.2, 0) is 16.1 Å². The Labute approximate surface area is 148 Å². The number of benzene rings is 1. The van der Waals surface area contributed by atoms with Crippen LogP contribution in [0.2, 0.25) is 0 Å². The normalized spacial score (nSPS) is 21.2. The summed E-state index contributed by atoms with van der Waals surface area (Å²) in [7, 11) is 1.65. The smallest absolute Gasteiger partial charge is 0.230 e. The maximum Gasteiger partial charge on any atom is 0.230 e. The molecule has 0 atom stereocenters. The molecular formula is C20H26N2O3. The zero-order chi connectivity index (χ0) is 17.4. The van der Waals surface area contributed by atoms with E-state index in [1.165, 1.54) is 12.8 Å². The molecule has 3 aliphatic rings. The molecule has 0 spiro atoms. The highest BCUT2D eigenvalue weighted by Crippen LogP contribution is 2.36. The van der Waals surface area contributed by atoms with Crippen molar-refractivity contribution in [2.75, 3.05) is 25.1 Å². The molecule has 0 N–H and O–H groups in total. The van der Waals surface area contributed by atoms with Gasteiger partial charge >= 0.3 is 0 Å². The molecule has 5 nitrogen and oxygen atoms in total. The number of nitrogens with zero attached hydrogens (tertiary/aromatic N) is 2. The first kappa shape index (κ1) is 16.4. The standard InChI is InChI=1S/C20H26N2O3/c1-25-17-7-8-18-16(11-17)13-21(12-14-5-6-14)19(23)9-10-22(18)20(24)15-3-2-4-15/h7-8,11,14-15H,2-6,9-10,12-13H2,1H3. The van der Waals surface area contributed by atoms with E-state index in [0.29, 0.717) is 25.4 Å². The number of ether oxygens (including phenoxy) is 1. The van der Waals surface area contributed by atoms with E-state index in [0.717, 1.165) is 42.8 Å². The van der Waals surface area contributed by atoms with Gasteiger partial charge < -0.3 is 14.5 Å². The topological polar surface area (TPSA) is 49.9 Å². The lowest BCUT2D eigenvalue weighted by Gasteiger charge is -2.36. The van der Waals surface area contributed by atoms with E-state index in [-0.39, 0.29) is 17.7 Å². The average molecular weight is 342 g/mol. The first-order valence-electron chi connectivity index (χ1n) is 9.42. The lowest BCUT2D eigenvalue weighted by atomic mass is 9.84. The minimum absolute atomic E-state index is 0.132. The number of hydrogen-bond acceptors (Lipinski definition) is 3. The molecule has 2 amide bonds. The maximum absolute atomic E-state index is 12.9. The summed E-state index contributed by atoms with van der Waals surface area (Å²) in [5.41, 5.74) is 1.96. The van der Waals surface area contributed by atoms with Crippen LogP contribution < -0.4 is 9.64 Å². The molecule has 2 saturated carbocycles. The van der Waals surface area contributed by atoms with Gasteiger partial charge in [-0.15, -0.1) is 0 Å². The molecule has 0 unspecified atom stereocenters. The summed E-state index contributed by atoms with van der Waals surface area (Å²) < 4.78 is 5.38. The van der Waals surface area contributed by atoms with Gasteiger partial charge in [-0.25, -0.2) is 0 Å². The zero-order valence-electron chi connectivity index (χ0n) is 14.9. The van der Waals surface area contributed by atoms with Gasteiger partial charge in [0.1, 0.15) is 5.75 Å². The van der Waals surface area contributed by atoms with Crippen molar-refractivity contribution in [2.45, 2.75) is 45.1 Å². The van der Waals surface area contributed by atoms with Gasteiger partial charge in [0.2, 0.25) is 11.8 Å². The van der Waals surface area contributed by atoms with Crippen molar-refractivity contribution in [3.8, 4) is 5.75 Å². The van der Waals surface area contributed by atoms with E-state index in [9.17, 15) is 9.59 Å². The number of carbonyl (C=O) groups is 2. The van der Waals surface area contributed by atoms with Gasteiger partial charge in [0.05, 0.1) is 7.11 Å². The maximum atomic E-state index is 12.9. The van der Waals surface area contributed by atoms with E-state index in [1.54, 1.807) is 7.11 Å². The monoisotopic (exact) mass is 342 g/mol. The Morgan fingerprint density at radius 3 is 2.68 bits per heavy atom. The van der Waals surface area contributed by atoms with Crippen molar-refractivity contribution in [2.24, 2.45) is 11.8 Å². The largest absolute Gasteiger partial charge is 0.497 e. The van der Waals surface area contributed by atoms with Crippen molar-refractivity contribution in [3.05, 3.63) is 23.8 Å². The number of rotatable bonds is 4. The van der Waals surface area contributed by atoms with Gasteiger partial charge in [-0.3, -0.25) is 9.59 Å². The summed E-state index contributed by atoms with van der Waals surface area (Å²) in [5.74, 6) is 1.90. The summed E-state index contributed by atoms with van der Waals surface area (Å²) in [5, 5.41) is 0. The van der Waals surface area contributed by atoms with Crippen LogP contribution in [0, 0.1) is 11.8 Å². The van der Waals surface area contributed by atoms with Gasteiger partial charge in [0.15, 0.2) is 0 Å². The Morgan fingerprint density at radius 1 is 1.24 bits per heavy atom. The van der Waals surface area contributed by atoms with Gasteiger partial charge in [-0.2, -0.15) is 0 Å². The second-order valence-electron chi connectivity index (χ2n) is 7.58. The summed E-state index contributed by atoms with van der Waals surface area (Å²) in [4.78, 5) is 29.4. The lowest BCUT2D eigenvalue weighted by molar-refractivity contribution is -0.132. The molecule has 25 heavy (non-hydrogen) atoms. The van der Waals surface area contributed by atoms with Gasteiger partial charge in [0, 0.05) is 37.7 Å². The summed E-state index contributed by atoms with van der Waals surface area (Å²) in [6, 6.07) is 5.87. The number of amides is 2. The molecule has 2 fully saturated rings. The molecule has 5 heteroatoms. The Kier molecular flexibility index (Phi) is 4.40. The van der Waals surface area contributed by atoms with Crippen molar-refractivity contribution < 1.29 is 14.3 Å². The van der Waals surface area contributed by atoms with E-state index in [1.807, 2.05) is 28.0 Å². The van der Waals surface area contributed by atoms with Gasteiger partial charge in [0.25, 0.3) is 0 Å². The van der Waals surface area contributed by atoms with E-state index in [4.69, 9.17) is 4.74 Å². The first-order chi connectivity index (χ1) is 12.2. The molecule has 1 aromatic carbocycles. The molecule has 2 aliphatic carbocycles. The predicted molar refractivity (Wildman–Crippen MR) is 95.4 cm³/mol. The molecule has 0 saturated heterocycles. The fourth-order valence-corrected chi connectivity index (χ4v) is 3.74. The van der Waals surface area contributed by atoms with E-state index in [2.05, 4.69) is 0 Å². The highest BCUT2D eigenvalue weighted by atomic mass is 16.5. The lowest BCUT2D eigenvalue weighted by Crippen LogP contribution is -2.44. The van der Waals surface area contributed by atoms with Crippen molar-refractivity contribution >= 4 is 17.5 Å². The summed E-state index contributed by atoms with van der Waals surface area (Å²) in [6.45, 7) is 1.89. The third-order valence-corrected chi connectivity index (χ3v) is 5.74. The Bertz CT molecular complexity index is 680. The first-order valence-corrected chi connectivity index (χ1v) is 9.42. The molecule has 0 bridgehead atoms. The minimum atomic E-state index is 0.132. The SMILES string of the molecule is COc1ccc2c(c1)CN(CC1CC1)C(=O)CCN2C(=O)C1CCC1. The number of hydrogen-bond donors (Lipinski definition) is 0. The van der Waals surface area contributed by atoms with Crippen molar-refractivity contribution in [1.82, 2.24) is 4.90 Å². The molecule has 1 aromatic rings. The number of fused-ring (bicyclic) bond motifs is 1. The Hall–Kier alpha value is -2.04. The number of methoxy groups -OCH3 is 1. The Morgan fingerprint density at radius 2 is 2.04 bits per heavy atom. The van der Waals surface area contributed by atoms with Crippen LogP contribution in [0.3, 0.4) is 0 Å². The van der Waals surface area contributed by atoms with Crippen LogP contribution in [-0.4, -0.2) is 36.9 Å². The third kappa shape index (κ3) is 3.37. The molecule has 0 aromatic heterocycles. The molecule has 0 radical (unpaired) electrons. The van der Waals surface area contributed by atoms with Crippen LogP contribution in [0.4, 0.5) is 5.69 Å². The minimum Gasteiger partial charge on any atom is -0.497 e. The molecular weight excluding hydrogens is 316 g/mol. The molecule has 134 valence electrons. The van der Waals surface area contributed by atoms with Crippen LogP contribution in [0.15, 0.2) is 18.2 Å². The predicted octanol–water partition coefficient (Wildman–Crippen LogP) is 2.97. The van der Waals surface area contributed by atoms with E-state index >= 15 is 0 Å². The second-order valence-corrected chi connectivity index (χ2v) is 7.58. The molecule has 1 aliphatic heterocycles. The zero-order valence-corrected chi connectivity index (χ0v) is 14.9. The average Bonchev–Trinajstić information content (AvgIpc) is 3.36. The van der Waals surface area contributed by atoms with Crippen LogP contribution in [0.25, 0.3) is 0 Å². The number of anilines is 1.